The van der Waals surface area contributed by atoms with Crippen LogP contribution in [-0.4, -0.2) is 41.8 Å². The number of benzene rings is 1. The van der Waals surface area contributed by atoms with Gasteiger partial charge in [0, 0.05) is 6.54 Å². The van der Waals surface area contributed by atoms with E-state index in [0.29, 0.717) is 0 Å². The molecular formula is C11H12FNO5. The minimum atomic E-state index is -1.12. The zero-order valence-corrected chi connectivity index (χ0v) is 9.35. The third-order valence-electron chi connectivity index (χ3n) is 1.98. The van der Waals surface area contributed by atoms with E-state index >= 15 is 0 Å². The Bertz CT molecular complexity index is 429. The van der Waals surface area contributed by atoms with E-state index in [9.17, 15) is 19.1 Å². The number of ether oxygens (including phenoxy) is 1. The molecule has 0 aliphatic carbocycles. The Kier molecular flexibility index (Phi) is 5.06. The molecule has 18 heavy (non-hydrogen) atoms. The van der Waals surface area contributed by atoms with Gasteiger partial charge in [-0.05, 0) is 12.1 Å². The monoisotopic (exact) mass is 257 g/mol. The number of phenols is 1. The molecule has 1 amide bonds. The van der Waals surface area contributed by atoms with Crippen LogP contribution in [0.25, 0.3) is 0 Å². The Morgan fingerprint density at radius 1 is 1.39 bits per heavy atom. The summed E-state index contributed by atoms with van der Waals surface area (Å²) in [4.78, 5) is 21.6. The average molecular weight is 257 g/mol. The van der Waals surface area contributed by atoms with Gasteiger partial charge in [0.05, 0.1) is 6.61 Å². The van der Waals surface area contributed by atoms with Crippen LogP contribution in [0.15, 0.2) is 18.2 Å². The van der Waals surface area contributed by atoms with E-state index < -0.39 is 35.6 Å². The highest BCUT2D eigenvalue weighted by Gasteiger charge is 2.15. The van der Waals surface area contributed by atoms with Crippen LogP contribution in [0.4, 0.5) is 4.39 Å². The van der Waals surface area contributed by atoms with Gasteiger partial charge in [-0.1, -0.05) is 6.07 Å². The second-order valence-electron chi connectivity index (χ2n) is 3.34. The molecule has 0 atom stereocenters. The second-order valence-corrected chi connectivity index (χ2v) is 3.34. The molecule has 1 aromatic carbocycles. The molecule has 0 aliphatic rings. The molecule has 7 heteroatoms. The summed E-state index contributed by atoms with van der Waals surface area (Å²) in [6.45, 7) is -0.478. The molecule has 1 rings (SSSR count). The van der Waals surface area contributed by atoms with Crippen molar-refractivity contribution in [1.29, 1.82) is 0 Å². The van der Waals surface area contributed by atoms with Crippen molar-refractivity contribution in [3.05, 3.63) is 29.6 Å². The van der Waals surface area contributed by atoms with Gasteiger partial charge in [0.25, 0.3) is 5.91 Å². The van der Waals surface area contributed by atoms with Crippen LogP contribution in [0.3, 0.4) is 0 Å². The molecule has 0 fully saturated rings. The minimum absolute atomic E-state index is 0.0138. The highest BCUT2D eigenvalue weighted by Crippen LogP contribution is 2.19. The first kappa shape index (κ1) is 13.9. The number of carbonyl (C=O) groups excluding carboxylic acids is 1. The summed E-state index contributed by atoms with van der Waals surface area (Å²) in [5, 5.41) is 19.9. The molecule has 0 aliphatic heterocycles. The van der Waals surface area contributed by atoms with E-state index in [4.69, 9.17) is 5.11 Å². The van der Waals surface area contributed by atoms with Crippen LogP contribution in [0.5, 0.6) is 5.75 Å². The fourth-order valence-corrected chi connectivity index (χ4v) is 1.22. The van der Waals surface area contributed by atoms with Gasteiger partial charge in [-0.2, -0.15) is 0 Å². The SMILES string of the molecule is O=C(O)COCCNC(=O)c1c(O)cccc1F. The Labute approximate surface area is 102 Å². The standard InChI is InChI=1S/C11H12FNO5/c12-7-2-1-3-8(14)10(7)11(17)13-4-5-18-6-9(15)16/h1-3,14H,4-6H2,(H,13,17)(H,15,16). The zero-order chi connectivity index (χ0) is 13.5. The molecule has 3 N–H and O–H groups in total. The molecule has 6 nitrogen and oxygen atoms in total. The van der Waals surface area contributed by atoms with Crippen molar-refractivity contribution in [2.24, 2.45) is 0 Å². The number of hydrogen-bond donors (Lipinski definition) is 3. The number of amides is 1. The molecular weight excluding hydrogens is 245 g/mol. The van der Waals surface area contributed by atoms with Crippen LogP contribution >= 0.6 is 0 Å². The van der Waals surface area contributed by atoms with Crippen molar-refractivity contribution < 1.29 is 28.9 Å². The lowest BCUT2D eigenvalue weighted by atomic mass is 10.2. The summed E-state index contributed by atoms with van der Waals surface area (Å²) in [5.41, 5.74) is -0.448. The number of aromatic hydroxyl groups is 1. The van der Waals surface area contributed by atoms with Gasteiger partial charge in [0.15, 0.2) is 0 Å². The molecule has 0 saturated carbocycles. The number of nitrogens with one attached hydrogen (secondary N) is 1. The van der Waals surface area contributed by atoms with Crippen molar-refractivity contribution in [2.45, 2.75) is 0 Å². The third kappa shape index (κ3) is 4.02. The van der Waals surface area contributed by atoms with Gasteiger partial charge < -0.3 is 20.3 Å². The fraction of sp³-hybridized carbons (Fsp3) is 0.273. The van der Waals surface area contributed by atoms with Gasteiger partial charge in [-0.25, -0.2) is 9.18 Å². The molecule has 0 saturated heterocycles. The van der Waals surface area contributed by atoms with E-state index in [0.717, 1.165) is 6.07 Å². The molecule has 0 heterocycles. The van der Waals surface area contributed by atoms with Crippen molar-refractivity contribution >= 4 is 11.9 Å². The Morgan fingerprint density at radius 2 is 2.11 bits per heavy atom. The first-order valence-corrected chi connectivity index (χ1v) is 5.07. The van der Waals surface area contributed by atoms with E-state index in [-0.39, 0.29) is 13.2 Å². The summed E-state index contributed by atoms with van der Waals surface area (Å²) < 4.78 is 17.9. The van der Waals surface area contributed by atoms with Gasteiger partial charge in [-0.15, -0.1) is 0 Å². The topological polar surface area (TPSA) is 95.9 Å². The van der Waals surface area contributed by atoms with E-state index in [1.54, 1.807) is 0 Å². The lowest BCUT2D eigenvalue weighted by Crippen LogP contribution is -2.28. The quantitative estimate of drug-likeness (QED) is 0.639. The first-order valence-electron chi connectivity index (χ1n) is 5.07. The smallest absolute Gasteiger partial charge is 0.329 e. The number of halogens is 1. The summed E-state index contributed by atoms with van der Waals surface area (Å²) in [5.74, 6) is -3.20. The van der Waals surface area contributed by atoms with E-state index in [1.807, 2.05) is 0 Å². The summed E-state index contributed by atoms with van der Waals surface area (Å²) in [7, 11) is 0. The molecule has 1 aromatic rings. The van der Waals surface area contributed by atoms with Crippen LogP contribution in [-0.2, 0) is 9.53 Å². The predicted octanol–water partition coefficient (Wildman–Crippen LogP) is 0.362. The number of aliphatic carboxylic acids is 1. The Morgan fingerprint density at radius 3 is 2.72 bits per heavy atom. The molecule has 0 radical (unpaired) electrons. The number of carboxylic acids is 1. The van der Waals surface area contributed by atoms with Crippen molar-refractivity contribution in [1.82, 2.24) is 5.32 Å². The van der Waals surface area contributed by atoms with E-state index in [2.05, 4.69) is 10.1 Å². The highest BCUT2D eigenvalue weighted by molar-refractivity contribution is 5.97. The first-order chi connectivity index (χ1) is 8.52. The lowest BCUT2D eigenvalue weighted by Gasteiger charge is -2.07. The number of hydrogen-bond acceptors (Lipinski definition) is 4. The average Bonchev–Trinajstić information content (AvgIpc) is 2.27. The van der Waals surface area contributed by atoms with Crippen LogP contribution in [0.2, 0.25) is 0 Å². The fourth-order valence-electron chi connectivity index (χ4n) is 1.22. The molecule has 0 bridgehead atoms. The predicted molar refractivity (Wildman–Crippen MR) is 58.9 cm³/mol. The maximum absolute atomic E-state index is 13.3. The van der Waals surface area contributed by atoms with Gasteiger partial charge in [-0.3, -0.25) is 4.79 Å². The number of carbonyl (C=O) groups is 2. The normalized spacial score (nSPS) is 10.1. The lowest BCUT2D eigenvalue weighted by molar-refractivity contribution is -0.142. The van der Waals surface area contributed by atoms with Crippen LogP contribution < -0.4 is 5.32 Å². The molecule has 98 valence electrons. The summed E-state index contributed by atoms with van der Waals surface area (Å²) >= 11 is 0. The van der Waals surface area contributed by atoms with Crippen LogP contribution in [0.1, 0.15) is 10.4 Å². The van der Waals surface area contributed by atoms with Gasteiger partial charge in [0.1, 0.15) is 23.7 Å². The zero-order valence-electron chi connectivity index (χ0n) is 9.35. The van der Waals surface area contributed by atoms with Crippen molar-refractivity contribution in [2.75, 3.05) is 19.8 Å². The minimum Gasteiger partial charge on any atom is -0.507 e. The number of phenolic OH excluding ortho intramolecular Hbond substituents is 1. The Balaban J connectivity index is 2.44. The highest BCUT2D eigenvalue weighted by atomic mass is 19.1. The van der Waals surface area contributed by atoms with Gasteiger partial charge >= 0.3 is 5.97 Å². The van der Waals surface area contributed by atoms with E-state index in [1.165, 1.54) is 12.1 Å². The maximum atomic E-state index is 13.3. The molecule has 0 spiro atoms. The Hall–Kier alpha value is -2.15. The largest absolute Gasteiger partial charge is 0.507 e. The third-order valence-corrected chi connectivity index (χ3v) is 1.98. The van der Waals surface area contributed by atoms with Crippen molar-refractivity contribution in [3.8, 4) is 5.75 Å². The second kappa shape index (κ2) is 6.55. The number of carboxylic acid groups (broad SMARTS) is 1. The summed E-state index contributed by atoms with van der Waals surface area (Å²) in [6, 6.07) is 3.52. The van der Waals surface area contributed by atoms with Crippen molar-refractivity contribution in [3.63, 3.8) is 0 Å². The molecule has 0 aromatic heterocycles. The maximum Gasteiger partial charge on any atom is 0.329 e. The molecule has 0 unspecified atom stereocenters. The summed E-state index contributed by atoms with van der Waals surface area (Å²) in [6.07, 6.45) is 0. The van der Waals surface area contributed by atoms with Gasteiger partial charge in [0.2, 0.25) is 0 Å². The number of rotatable bonds is 6. The van der Waals surface area contributed by atoms with Crippen LogP contribution in [0, 0.1) is 5.82 Å².